The van der Waals surface area contributed by atoms with E-state index in [0.29, 0.717) is 13.1 Å². The van der Waals surface area contributed by atoms with Gasteiger partial charge in [-0.3, -0.25) is 15.4 Å². The molecule has 0 heterocycles. The first-order valence-corrected chi connectivity index (χ1v) is 4.01. The second-order valence-electron chi connectivity index (χ2n) is 2.58. The highest BCUT2D eigenvalue weighted by Crippen LogP contribution is 2.01. The minimum absolute atomic E-state index is 0.549. The highest BCUT2D eigenvalue weighted by molar-refractivity contribution is 5.81. The molecule has 0 aromatic heterocycles. The van der Waals surface area contributed by atoms with E-state index in [1.54, 1.807) is 17.1 Å². The van der Waals surface area contributed by atoms with E-state index in [-0.39, 0.29) is 0 Å². The van der Waals surface area contributed by atoms with E-state index in [9.17, 15) is 4.79 Å². The van der Waals surface area contributed by atoms with Crippen molar-refractivity contribution < 1.29 is 4.79 Å². The summed E-state index contributed by atoms with van der Waals surface area (Å²) in [6.07, 6.45) is 4.83. The van der Waals surface area contributed by atoms with Gasteiger partial charge in [-0.15, -0.1) is 19.7 Å². The zero-order chi connectivity index (χ0) is 10.3. The lowest BCUT2D eigenvalue weighted by molar-refractivity contribution is -0.122. The van der Waals surface area contributed by atoms with Gasteiger partial charge in [0.2, 0.25) is 0 Å². The van der Waals surface area contributed by atoms with Crippen LogP contribution in [-0.2, 0) is 4.79 Å². The van der Waals surface area contributed by atoms with Gasteiger partial charge in [0.05, 0.1) is 0 Å². The third-order valence-corrected chi connectivity index (χ3v) is 1.61. The Morgan fingerprint density at radius 1 is 1.31 bits per heavy atom. The van der Waals surface area contributed by atoms with Crippen LogP contribution in [0, 0.1) is 0 Å². The van der Waals surface area contributed by atoms with Crippen LogP contribution in [0.25, 0.3) is 0 Å². The van der Waals surface area contributed by atoms with Crippen molar-refractivity contribution in [1.82, 2.24) is 10.6 Å². The SMILES string of the molecule is C=CCN(CC=C)C(C=C)C([NH])=O. The zero-order valence-corrected chi connectivity index (χ0v) is 7.70. The minimum Gasteiger partial charge on any atom is -0.281 e. The number of carbonyl (C=O) groups excluding carboxylic acids is 1. The van der Waals surface area contributed by atoms with E-state index in [2.05, 4.69) is 19.7 Å². The zero-order valence-electron chi connectivity index (χ0n) is 7.70. The lowest BCUT2D eigenvalue weighted by atomic mass is 10.2. The normalized spacial score (nSPS) is 12.1. The molecule has 0 fully saturated rings. The number of nitrogens with zero attached hydrogens (tertiary/aromatic N) is 1. The van der Waals surface area contributed by atoms with Crippen molar-refractivity contribution in [2.75, 3.05) is 13.1 Å². The summed E-state index contributed by atoms with van der Waals surface area (Å²) in [5.41, 5.74) is 7.00. The second-order valence-corrected chi connectivity index (χ2v) is 2.58. The molecule has 0 rings (SSSR count). The molecule has 1 N–H and O–H groups in total. The predicted molar refractivity (Wildman–Crippen MR) is 54.1 cm³/mol. The third-order valence-electron chi connectivity index (χ3n) is 1.61. The van der Waals surface area contributed by atoms with Gasteiger partial charge in [-0.05, 0) is 0 Å². The summed E-state index contributed by atoms with van der Waals surface area (Å²) >= 11 is 0. The molecular formula is C10H15N2O. The van der Waals surface area contributed by atoms with Gasteiger partial charge >= 0.3 is 0 Å². The standard InChI is InChI=1S/C10H15N2O/c1-4-7-12(8-5-2)9(6-3)10(11)13/h4-6,9,11H,1-3,7-8H2. The van der Waals surface area contributed by atoms with Crippen molar-refractivity contribution in [2.24, 2.45) is 0 Å². The van der Waals surface area contributed by atoms with Crippen molar-refractivity contribution in [3.05, 3.63) is 38.0 Å². The molecule has 13 heavy (non-hydrogen) atoms. The molecule has 1 amide bonds. The average molecular weight is 179 g/mol. The lowest BCUT2D eigenvalue weighted by Crippen LogP contribution is -2.40. The highest BCUT2D eigenvalue weighted by atomic mass is 16.1. The van der Waals surface area contributed by atoms with Gasteiger partial charge in [0.1, 0.15) is 6.04 Å². The Kier molecular flexibility index (Phi) is 5.55. The Morgan fingerprint density at radius 2 is 1.77 bits per heavy atom. The Balaban J connectivity index is 4.45. The Bertz CT molecular complexity index is 201. The fourth-order valence-electron chi connectivity index (χ4n) is 1.06. The van der Waals surface area contributed by atoms with Gasteiger partial charge in [0, 0.05) is 13.1 Å². The summed E-state index contributed by atoms with van der Waals surface area (Å²) in [5, 5.41) is 0. The van der Waals surface area contributed by atoms with Crippen LogP contribution in [0.3, 0.4) is 0 Å². The third kappa shape index (κ3) is 3.71. The van der Waals surface area contributed by atoms with Crippen molar-refractivity contribution in [1.29, 1.82) is 0 Å². The Hall–Kier alpha value is -1.35. The number of hydrogen-bond acceptors (Lipinski definition) is 2. The molecule has 0 aliphatic heterocycles. The van der Waals surface area contributed by atoms with Crippen LogP contribution in [0.5, 0.6) is 0 Å². The largest absolute Gasteiger partial charge is 0.281 e. The van der Waals surface area contributed by atoms with E-state index in [4.69, 9.17) is 5.73 Å². The van der Waals surface area contributed by atoms with Crippen LogP contribution in [0.1, 0.15) is 0 Å². The summed E-state index contributed by atoms with van der Waals surface area (Å²) in [5.74, 6) is -0.654. The first-order valence-electron chi connectivity index (χ1n) is 4.01. The van der Waals surface area contributed by atoms with E-state index in [1.807, 2.05) is 0 Å². The monoisotopic (exact) mass is 179 g/mol. The molecule has 3 nitrogen and oxygen atoms in total. The number of carbonyl (C=O) groups is 1. The van der Waals surface area contributed by atoms with Crippen LogP contribution in [0.15, 0.2) is 38.0 Å². The quantitative estimate of drug-likeness (QED) is 0.548. The van der Waals surface area contributed by atoms with Crippen LogP contribution < -0.4 is 5.73 Å². The average Bonchev–Trinajstić information content (AvgIpc) is 2.05. The van der Waals surface area contributed by atoms with E-state index in [1.165, 1.54) is 6.08 Å². The van der Waals surface area contributed by atoms with Gasteiger partial charge in [-0.25, -0.2) is 0 Å². The fourth-order valence-corrected chi connectivity index (χ4v) is 1.06. The first kappa shape index (κ1) is 11.6. The van der Waals surface area contributed by atoms with Gasteiger partial charge in [0.25, 0.3) is 5.91 Å². The van der Waals surface area contributed by atoms with E-state index >= 15 is 0 Å². The predicted octanol–water partition coefficient (Wildman–Crippen LogP) is 1.02. The summed E-state index contributed by atoms with van der Waals surface area (Å²) in [6.45, 7) is 11.8. The Morgan fingerprint density at radius 3 is 2.00 bits per heavy atom. The smallest absolute Gasteiger partial charge is 0.259 e. The molecule has 0 saturated carbocycles. The molecule has 1 unspecified atom stereocenters. The molecule has 0 aromatic rings. The fraction of sp³-hybridized carbons (Fsp3) is 0.300. The lowest BCUT2D eigenvalue weighted by Gasteiger charge is -2.23. The van der Waals surface area contributed by atoms with Crippen LogP contribution >= 0.6 is 0 Å². The van der Waals surface area contributed by atoms with Gasteiger partial charge in [0.15, 0.2) is 0 Å². The van der Waals surface area contributed by atoms with Crippen molar-refractivity contribution in [2.45, 2.75) is 6.04 Å². The number of nitrogens with one attached hydrogen (secondary N) is 1. The molecule has 71 valence electrons. The molecule has 0 aromatic carbocycles. The van der Waals surface area contributed by atoms with E-state index in [0.717, 1.165) is 0 Å². The van der Waals surface area contributed by atoms with Gasteiger partial charge < -0.3 is 0 Å². The molecule has 0 spiro atoms. The topological polar surface area (TPSA) is 44.1 Å². The summed E-state index contributed by atoms with van der Waals surface area (Å²) in [4.78, 5) is 12.6. The molecule has 1 radical (unpaired) electrons. The summed E-state index contributed by atoms with van der Waals surface area (Å²) in [6, 6.07) is -0.559. The van der Waals surface area contributed by atoms with Gasteiger partial charge in [-0.1, -0.05) is 18.2 Å². The number of rotatable bonds is 7. The molecule has 0 bridgehead atoms. The van der Waals surface area contributed by atoms with E-state index < -0.39 is 11.9 Å². The first-order chi connectivity index (χ1) is 6.17. The molecule has 0 aliphatic rings. The second kappa shape index (κ2) is 6.20. The summed E-state index contributed by atoms with van der Waals surface area (Å²) in [7, 11) is 0. The van der Waals surface area contributed by atoms with Crippen molar-refractivity contribution in [3.63, 3.8) is 0 Å². The van der Waals surface area contributed by atoms with Crippen molar-refractivity contribution in [3.8, 4) is 0 Å². The van der Waals surface area contributed by atoms with Crippen LogP contribution in [-0.4, -0.2) is 29.9 Å². The highest BCUT2D eigenvalue weighted by Gasteiger charge is 2.18. The van der Waals surface area contributed by atoms with Gasteiger partial charge in [-0.2, -0.15) is 0 Å². The van der Waals surface area contributed by atoms with Crippen molar-refractivity contribution >= 4 is 5.91 Å². The molecule has 0 saturated heterocycles. The Labute approximate surface area is 79.2 Å². The van der Waals surface area contributed by atoms with Crippen LogP contribution in [0.2, 0.25) is 0 Å². The maximum atomic E-state index is 10.9. The molecule has 3 heteroatoms. The summed E-state index contributed by atoms with van der Waals surface area (Å²) < 4.78 is 0. The maximum Gasteiger partial charge on any atom is 0.259 e. The molecule has 0 aliphatic carbocycles. The molecular weight excluding hydrogens is 164 g/mol. The number of hydrogen-bond donors (Lipinski definition) is 0. The maximum absolute atomic E-state index is 10.9. The number of amides is 1. The minimum atomic E-state index is -0.654. The van der Waals surface area contributed by atoms with Crippen LogP contribution in [0.4, 0.5) is 0 Å². The molecule has 1 atom stereocenters.